The molecule has 4 aromatic heterocycles. The largest absolute Gasteiger partial charge is 0.389 e. The predicted molar refractivity (Wildman–Crippen MR) is 177 cm³/mol. The summed E-state index contributed by atoms with van der Waals surface area (Å²) in [6.45, 7) is 7.04. The zero-order valence-corrected chi connectivity index (χ0v) is 28.3. The molecule has 0 amide bonds. The molecule has 2 aliphatic carbocycles. The molecule has 0 unspecified atom stereocenters. The molecule has 1 fully saturated rings. The maximum absolute atomic E-state index is 10.7. The standard InChI is InChI=1S/C33H43N9O3S/c1-18(26-22(44-6)11-14-40(26)4)42-31-21(16-36-42)30(41(5)17-32(2,3)43)37-29(38-31)25-19-9-7-12-33(27(19)45-39-25)13-8-10-23-24(33)20(15-34)28(35)46-23/h16,18,22,26,43H,7-14,17,35H2,1-6H3/t18-,22-,26+,33-/m0/s1. The van der Waals surface area contributed by atoms with Crippen LogP contribution in [0, 0.1) is 11.3 Å². The Labute approximate surface area is 273 Å². The average molecular weight is 646 g/mol. The number of nitrogens with two attached hydrogens (primary N) is 1. The fraction of sp³-hybridized carbons (Fsp3) is 0.606. The minimum absolute atomic E-state index is 0.0336. The van der Waals surface area contributed by atoms with Crippen molar-refractivity contribution in [3.8, 4) is 17.6 Å². The minimum Gasteiger partial charge on any atom is -0.389 e. The van der Waals surface area contributed by atoms with Crippen molar-refractivity contribution in [1.82, 2.24) is 29.8 Å². The van der Waals surface area contributed by atoms with Crippen molar-refractivity contribution < 1.29 is 14.4 Å². The van der Waals surface area contributed by atoms with E-state index in [1.807, 2.05) is 22.8 Å². The van der Waals surface area contributed by atoms with Crippen LogP contribution < -0.4 is 10.6 Å². The Morgan fingerprint density at radius 1 is 1.30 bits per heavy atom. The van der Waals surface area contributed by atoms with Gasteiger partial charge in [-0.3, -0.25) is 4.90 Å². The number of nitriles is 1. The van der Waals surface area contributed by atoms with Gasteiger partial charge < -0.3 is 25.0 Å². The molecule has 3 aliphatic rings. The number of hydrogen-bond donors (Lipinski definition) is 2. The molecule has 1 aliphatic heterocycles. The number of nitrogens with zero attached hydrogens (tertiary/aromatic N) is 8. The average Bonchev–Trinajstić information content (AvgIpc) is 3.79. The number of methoxy groups -OCH3 is 1. The van der Waals surface area contributed by atoms with Gasteiger partial charge >= 0.3 is 0 Å². The highest BCUT2D eigenvalue weighted by atomic mass is 32.1. The first-order chi connectivity index (χ1) is 22.0. The van der Waals surface area contributed by atoms with E-state index in [1.165, 1.54) is 16.2 Å². The molecular weight excluding hydrogens is 602 g/mol. The second-order valence-corrected chi connectivity index (χ2v) is 15.2. The van der Waals surface area contributed by atoms with Crippen LogP contribution in [0.15, 0.2) is 10.7 Å². The highest BCUT2D eigenvalue weighted by Crippen LogP contribution is 2.55. The monoisotopic (exact) mass is 645 g/mol. The minimum atomic E-state index is -0.952. The summed E-state index contributed by atoms with van der Waals surface area (Å²) in [5, 5.41) is 31.8. The van der Waals surface area contributed by atoms with Crippen LogP contribution >= 0.6 is 11.3 Å². The number of likely N-dealkylation sites (tertiary alicyclic amines) is 1. The zero-order valence-electron chi connectivity index (χ0n) is 27.5. The number of ether oxygens (including phenoxy) is 1. The Hall–Kier alpha value is -3.57. The summed E-state index contributed by atoms with van der Waals surface area (Å²) >= 11 is 1.54. The Balaban J connectivity index is 1.39. The van der Waals surface area contributed by atoms with E-state index in [-0.39, 0.29) is 18.2 Å². The molecular formula is C33H43N9O3S. The van der Waals surface area contributed by atoms with E-state index in [4.69, 9.17) is 30.1 Å². The van der Waals surface area contributed by atoms with Crippen LogP contribution in [0.3, 0.4) is 0 Å². The number of rotatable bonds is 7. The van der Waals surface area contributed by atoms with Crippen molar-refractivity contribution in [2.75, 3.05) is 44.9 Å². The number of aryl methyl sites for hydroxylation is 1. The zero-order chi connectivity index (χ0) is 32.5. The van der Waals surface area contributed by atoms with Gasteiger partial charge in [-0.15, -0.1) is 11.3 Å². The van der Waals surface area contributed by atoms with E-state index in [1.54, 1.807) is 21.0 Å². The summed E-state index contributed by atoms with van der Waals surface area (Å²) in [5.41, 5.74) is 8.92. The summed E-state index contributed by atoms with van der Waals surface area (Å²) in [5.74, 6) is 1.95. The molecule has 5 heterocycles. The van der Waals surface area contributed by atoms with Gasteiger partial charge in [-0.2, -0.15) is 10.4 Å². The Morgan fingerprint density at radius 3 is 2.78 bits per heavy atom. The predicted octanol–water partition coefficient (Wildman–Crippen LogP) is 4.44. The van der Waals surface area contributed by atoms with Crippen molar-refractivity contribution >= 4 is 33.2 Å². The fourth-order valence-corrected chi connectivity index (χ4v) is 9.65. The number of aromatic nitrogens is 5. The topological polar surface area (TPSA) is 155 Å². The molecule has 13 heteroatoms. The first-order valence-corrected chi connectivity index (χ1v) is 17.0. The first-order valence-electron chi connectivity index (χ1n) is 16.2. The van der Waals surface area contributed by atoms with Crippen LogP contribution in [0.2, 0.25) is 0 Å². The third kappa shape index (κ3) is 4.80. The highest BCUT2D eigenvalue weighted by Gasteiger charge is 2.49. The maximum atomic E-state index is 10.7. The lowest BCUT2D eigenvalue weighted by Crippen LogP contribution is -2.40. The second-order valence-electron chi connectivity index (χ2n) is 14.0. The van der Waals surface area contributed by atoms with Gasteiger partial charge in [0.1, 0.15) is 16.9 Å². The molecule has 4 atom stereocenters. The maximum Gasteiger partial charge on any atom is 0.186 e. The van der Waals surface area contributed by atoms with E-state index in [9.17, 15) is 10.4 Å². The van der Waals surface area contributed by atoms with Crippen LogP contribution in [0.5, 0.6) is 0 Å². The van der Waals surface area contributed by atoms with Gasteiger partial charge in [0.15, 0.2) is 22.9 Å². The molecule has 4 aromatic rings. The molecule has 7 rings (SSSR count). The molecule has 3 N–H and O–H groups in total. The Bertz CT molecular complexity index is 1830. The SMILES string of the molecule is CO[C@H]1CCN(C)[C@@H]1[C@H](C)n1ncc2c(N(C)CC(C)(C)O)nc(-c3noc4c3CCC[C@@]43CCCc4sc(N)c(C#N)c43)nc21. The van der Waals surface area contributed by atoms with Crippen molar-refractivity contribution in [2.45, 2.75) is 94.9 Å². The number of aliphatic hydroxyl groups is 1. The summed E-state index contributed by atoms with van der Waals surface area (Å²) < 4.78 is 14.2. The summed E-state index contributed by atoms with van der Waals surface area (Å²) in [6, 6.07) is 2.49. The summed E-state index contributed by atoms with van der Waals surface area (Å²) in [4.78, 5) is 15.7. The van der Waals surface area contributed by atoms with Crippen molar-refractivity contribution in [1.29, 1.82) is 5.26 Å². The second kappa shape index (κ2) is 11.3. The molecule has 1 saturated heterocycles. The van der Waals surface area contributed by atoms with Gasteiger partial charge in [-0.1, -0.05) is 5.16 Å². The van der Waals surface area contributed by atoms with E-state index in [2.05, 4.69) is 30.1 Å². The lowest BCUT2D eigenvalue weighted by Gasteiger charge is -2.39. The Morgan fingerprint density at radius 2 is 2.07 bits per heavy atom. The number of thiophene rings is 1. The quantitative estimate of drug-likeness (QED) is 0.293. The molecule has 0 radical (unpaired) electrons. The number of hydrogen-bond acceptors (Lipinski definition) is 12. The van der Waals surface area contributed by atoms with Crippen LogP contribution in [0.1, 0.15) is 86.2 Å². The molecule has 244 valence electrons. The smallest absolute Gasteiger partial charge is 0.186 e. The molecule has 0 aromatic carbocycles. The van der Waals surface area contributed by atoms with E-state index < -0.39 is 11.0 Å². The normalized spacial score (nSPS) is 23.9. The van der Waals surface area contributed by atoms with Gasteiger partial charge in [0, 0.05) is 37.7 Å². The third-order valence-corrected chi connectivity index (χ3v) is 11.4. The molecule has 46 heavy (non-hydrogen) atoms. The molecule has 1 spiro atoms. The number of likely N-dealkylation sites (N-methyl/N-ethyl adjacent to an activating group) is 2. The fourth-order valence-electron chi connectivity index (χ4n) is 8.49. The Kier molecular flexibility index (Phi) is 7.62. The van der Waals surface area contributed by atoms with Gasteiger partial charge in [0.25, 0.3) is 0 Å². The summed E-state index contributed by atoms with van der Waals surface area (Å²) in [6.07, 6.45) is 8.25. The van der Waals surface area contributed by atoms with Crippen molar-refractivity contribution in [2.24, 2.45) is 0 Å². The highest BCUT2D eigenvalue weighted by molar-refractivity contribution is 7.16. The van der Waals surface area contributed by atoms with Crippen LogP contribution in [-0.4, -0.2) is 87.0 Å². The van der Waals surface area contributed by atoms with Crippen molar-refractivity contribution in [3.63, 3.8) is 0 Å². The van der Waals surface area contributed by atoms with E-state index in [0.29, 0.717) is 40.1 Å². The van der Waals surface area contributed by atoms with Gasteiger partial charge in [-0.25, -0.2) is 14.6 Å². The number of fused-ring (bicyclic) bond motifs is 5. The lowest BCUT2D eigenvalue weighted by atomic mass is 9.63. The third-order valence-electron chi connectivity index (χ3n) is 10.3. The lowest BCUT2D eigenvalue weighted by molar-refractivity contribution is 0.0503. The van der Waals surface area contributed by atoms with Crippen LogP contribution in [0.4, 0.5) is 10.8 Å². The van der Waals surface area contributed by atoms with Crippen molar-refractivity contribution in [3.05, 3.63) is 33.5 Å². The number of nitrogen functional groups attached to an aromatic ring is 1. The van der Waals surface area contributed by atoms with E-state index >= 15 is 0 Å². The molecule has 12 nitrogen and oxygen atoms in total. The summed E-state index contributed by atoms with van der Waals surface area (Å²) in [7, 11) is 5.83. The number of anilines is 2. The van der Waals surface area contributed by atoms with Gasteiger partial charge in [-0.05, 0) is 78.3 Å². The van der Waals surface area contributed by atoms with Crippen LogP contribution in [-0.2, 0) is 23.0 Å². The molecule has 0 bridgehead atoms. The van der Waals surface area contributed by atoms with E-state index in [0.717, 1.165) is 73.8 Å². The van der Waals surface area contributed by atoms with Gasteiger partial charge in [0.2, 0.25) is 0 Å². The molecule has 0 saturated carbocycles. The first kappa shape index (κ1) is 31.1. The van der Waals surface area contributed by atoms with Crippen LogP contribution in [0.25, 0.3) is 22.6 Å². The van der Waals surface area contributed by atoms with Gasteiger partial charge in [0.05, 0.1) is 46.4 Å².